The van der Waals surface area contributed by atoms with Crippen molar-refractivity contribution < 1.29 is 0 Å². The van der Waals surface area contributed by atoms with E-state index in [0.717, 1.165) is 6.22 Å². The minimum absolute atomic E-state index is 1.11. The van der Waals surface area contributed by atoms with Crippen molar-refractivity contribution in [1.29, 1.82) is 0 Å². The number of nitrogens with zero attached hydrogens (tertiary/aromatic N) is 2. The van der Waals surface area contributed by atoms with Crippen LogP contribution >= 0.6 is 0 Å². The zero-order chi connectivity index (χ0) is 5.40. The van der Waals surface area contributed by atoms with Gasteiger partial charge in [0.15, 0.2) is 0 Å². The van der Waals surface area contributed by atoms with Crippen LogP contribution < -0.4 is 0 Å². The molecule has 2 nitrogen and oxygen atoms in total. The first-order valence-electron chi connectivity index (χ1n) is 3.02. The molecule has 0 aliphatic carbocycles. The van der Waals surface area contributed by atoms with Gasteiger partial charge in [0, 0.05) is 0 Å². The summed E-state index contributed by atoms with van der Waals surface area (Å²) in [5.74, 6) is 0. The molecule has 2 aliphatic heterocycles. The van der Waals surface area contributed by atoms with Gasteiger partial charge in [0.2, 0.25) is 22.2 Å². The van der Waals surface area contributed by atoms with Gasteiger partial charge in [-0.15, -0.1) is 0 Å². The molecule has 2 saturated heterocycles. The van der Waals surface area contributed by atoms with Gasteiger partial charge in [0.1, 0.15) is 0 Å². The highest BCUT2D eigenvalue weighted by Crippen LogP contribution is 2.12. The maximum absolute atomic E-state index is 2.24. The SMILES string of the molecule is [B]1C[B]N2CC[B]N12. The van der Waals surface area contributed by atoms with Gasteiger partial charge in [-0.05, 0) is 6.54 Å². The van der Waals surface area contributed by atoms with E-state index in [1.165, 1.54) is 12.9 Å². The van der Waals surface area contributed by atoms with E-state index < -0.39 is 0 Å². The van der Waals surface area contributed by atoms with Crippen molar-refractivity contribution in [3.63, 3.8) is 0 Å². The van der Waals surface area contributed by atoms with Crippen molar-refractivity contribution in [1.82, 2.24) is 9.75 Å². The fourth-order valence-electron chi connectivity index (χ4n) is 1.18. The molecule has 2 heterocycles. The van der Waals surface area contributed by atoms with Crippen molar-refractivity contribution in [3.8, 4) is 0 Å². The zero-order valence-corrected chi connectivity index (χ0v) is 4.75. The van der Waals surface area contributed by atoms with E-state index in [0.29, 0.717) is 0 Å². The van der Waals surface area contributed by atoms with Gasteiger partial charge in [-0.1, -0.05) is 12.5 Å². The van der Waals surface area contributed by atoms with Crippen molar-refractivity contribution in [2.75, 3.05) is 6.54 Å². The maximum Gasteiger partial charge on any atom is 0.220 e. The Kier molecular flexibility index (Phi) is 1.12. The highest BCUT2D eigenvalue weighted by atomic mass is 15.5. The van der Waals surface area contributed by atoms with Crippen molar-refractivity contribution in [2.24, 2.45) is 0 Å². The lowest BCUT2D eigenvalue weighted by Crippen LogP contribution is -2.33. The Balaban J connectivity index is 2.04. The highest BCUT2D eigenvalue weighted by molar-refractivity contribution is 6.65. The van der Waals surface area contributed by atoms with Crippen LogP contribution in [0.15, 0.2) is 0 Å². The highest BCUT2D eigenvalue weighted by Gasteiger charge is 2.28. The summed E-state index contributed by atoms with van der Waals surface area (Å²) < 4.78 is 0. The summed E-state index contributed by atoms with van der Waals surface area (Å²) in [5.41, 5.74) is 0. The summed E-state index contributed by atoms with van der Waals surface area (Å²) >= 11 is 0. The van der Waals surface area contributed by atoms with Crippen LogP contribution in [0.2, 0.25) is 12.5 Å². The average Bonchev–Trinajstić information content (AvgIpc) is 2.15. The molecule has 0 unspecified atom stereocenters. The molecule has 2 rings (SSSR count). The molecule has 0 amide bonds. The number of hydrogen-bond acceptors (Lipinski definition) is 2. The Bertz CT molecular complexity index is 78.5. The summed E-state index contributed by atoms with van der Waals surface area (Å²) in [6, 6.07) is 0. The average molecular weight is 103 g/mol. The Hall–Kier alpha value is 0.115. The Labute approximate surface area is 52.0 Å². The summed E-state index contributed by atoms with van der Waals surface area (Å²) in [7, 11) is 6.61. The molecule has 0 aromatic carbocycles. The fraction of sp³-hybridized carbons (Fsp3) is 1.00. The van der Waals surface area contributed by atoms with Crippen molar-refractivity contribution in [3.05, 3.63) is 0 Å². The number of rotatable bonds is 0. The number of fused-ring (bicyclic) bond motifs is 1. The lowest BCUT2D eigenvalue weighted by atomic mass is 9.68. The third-order valence-electron chi connectivity index (χ3n) is 1.58. The molecule has 0 atom stereocenters. The van der Waals surface area contributed by atoms with Gasteiger partial charge >= 0.3 is 0 Å². The van der Waals surface area contributed by atoms with E-state index in [1.807, 2.05) is 0 Å². The normalized spacial score (nSPS) is 28.5. The van der Waals surface area contributed by atoms with Crippen LogP contribution in [0.3, 0.4) is 0 Å². The van der Waals surface area contributed by atoms with Gasteiger partial charge in [0.05, 0.1) is 0 Å². The van der Waals surface area contributed by atoms with E-state index in [9.17, 15) is 0 Å². The molecule has 0 saturated carbocycles. The van der Waals surface area contributed by atoms with Crippen LogP contribution in [0.1, 0.15) is 0 Å². The van der Waals surface area contributed by atoms with Gasteiger partial charge < -0.3 is 9.75 Å². The third-order valence-corrected chi connectivity index (χ3v) is 1.58. The minimum atomic E-state index is 1.11. The second-order valence-electron chi connectivity index (χ2n) is 2.12. The van der Waals surface area contributed by atoms with E-state index >= 15 is 0 Å². The van der Waals surface area contributed by atoms with E-state index in [4.69, 9.17) is 0 Å². The van der Waals surface area contributed by atoms with Crippen LogP contribution in [0.25, 0.3) is 0 Å². The Morgan fingerprint density at radius 1 is 1.12 bits per heavy atom. The number of hydrazine groups is 1. The first kappa shape index (κ1) is 4.94. The van der Waals surface area contributed by atoms with Crippen LogP contribution in [-0.2, 0) is 0 Å². The van der Waals surface area contributed by atoms with Gasteiger partial charge in [-0.2, -0.15) is 0 Å². The standard InChI is InChI=1S/C3H6B3N2/c1-2-7-5-3-6-8(7)4-1/h1-3H2. The molecule has 0 spiro atoms. The van der Waals surface area contributed by atoms with Gasteiger partial charge in [0.25, 0.3) is 0 Å². The van der Waals surface area contributed by atoms with Crippen LogP contribution in [0, 0.1) is 0 Å². The maximum atomic E-state index is 2.24. The topological polar surface area (TPSA) is 6.48 Å². The summed E-state index contributed by atoms with van der Waals surface area (Å²) in [6.45, 7) is 1.18. The number of hydrogen-bond donors (Lipinski definition) is 0. The lowest BCUT2D eigenvalue weighted by molar-refractivity contribution is 0.330. The van der Waals surface area contributed by atoms with Crippen molar-refractivity contribution >= 4 is 22.2 Å². The monoisotopic (exact) mass is 103 g/mol. The minimum Gasteiger partial charge on any atom is -0.340 e. The first-order valence-corrected chi connectivity index (χ1v) is 3.02. The van der Waals surface area contributed by atoms with Gasteiger partial charge in [-0.3, -0.25) is 0 Å². The second-order valence-corrected chi connectivity index (χ2v) is 2.12. The van der Waals surface area contributed by atoms with Crippen LogP contribution in [-0.4, -0.2) is 38.5 Å². The van der Waals surface area contributed by atoms with E-state index in [1.54, 1.807) is 0 Å². The molecule has 0 N–H and O–H groups in total. The molecule has 3 radical (unpaired) electrons. The molecular weight excluding hydrogens is 96.5 g/mol. The lowest BCUT2D eigenvalue weighted by Gasteiger charge is -2.18. The second kappa shape index (κ2) is 1.81. The zero-order valence-electron chi connectivity index (χ0n) is 4.75. The largest absolute Gasteiger partial charge is 0.340 e. The fourth-order valence-corrected chi connectivity index (χ4v) is 1.18. The summed E-state index contributed by atoms with van der Waals surface area (Å²) in [4.78, 5) is 4.40. The molecule has 8 heavy (non-hydrogen) atoms. The predicted molar refractivity (Wildman–Crippen MR) is 35.4 cm³/mol. The third kappa shape index (κ3) is 0.616. The van der Waals surface area contributed by atoms with E-state index in [-0.39, 0.29) is 0 Å². The summed E-state index contributed by atoms with van der Waals surface area (Å²) in [6.07, 6.45) is 2.31. The van der Waals surface area contributed by atoms with Gasteiger partial charge in [-0.25, -0.2) is 0 Å². The molecule has 0 aromatic heterocycles. The first-order chi connectivity index (χ1) is 3.97. The Morgan fingerprint density at radius 3 is 3.00 bits per heavy atom. The quantitative estimate of drug-likeness (QED) is 0.369. The van der Waals surface area contributed by atoms with Crippen molar-refractivity contribution in [2.45, 2.75) is 12.5 Å². The molecule has 2 aliphatic rings. The van der Waals surface area contributed by atoms with Crippen LogP contribution in [0.4, 0.5) is 0 Å². The molecule has 37 valence electrons. The molecular formula is C3H6B3N2. The smallest absolute Gasteiger partial charge is 0.220 e. The molecule has 0 aromatic rings. The predicted octanol–water partition coefficient (Wildman–Crippen LogP) is -0.816. The summed E-state index contributed by atoms with van der Waals surface area (Å²) in [5, 5.41) is 0. The Morgan fingerprint density at radius 2 is 2.12 bits per heavy atom. The molecule has 5 heteroatoms. The van der Waals surface area contributed by atoms with Crippen LogP contribution in [0.5, 0.6) is 0 Å². The molecule has 0 bridgehead atoms. The van der Waals surface area contributed by atoms with E-state index in [2.05, 4.69) is 32.0 Å². The molecule has 2 fully saturated rings.